The zero-order valence-electron chi connectivity index (χ0n) is 11.1. The molecule has 6 nitrogen and oxygen atoms in total. The third-order valence-electron chi connectivity index (χ3n) is 3.01. The summed E-state index contributed by atoms with van der Waals surface area (Å²) in [6, 6.07) is 14.2. The van der Waals surface area contributed by atoms with Crippen LogP contribution in [0.1, 0.15) is 10.4 Å². The lowest BCUT2D eigenvalue weighted by molar-refractivity contribution is 0.102. The molecule has 1 amide bonds. The maximum absolute atomic E-state index is 12.1. The van der Waals surface area contributed by atoms with Crippen molar-refractivity contribution in [3.63, 3.8) is 0 Å². The predicted molar refractivity (Wildman–Crippen MR) is 80.2 cm³/mol. The van der Waals surface area contributed by atoms with E-state index in [2.05, 4.69) is 15.4 Å². The Morgan fingerprint density at radius 3 is 2.52 bits per heavy atom. The van der Waals surface area contributed by atoms with E-state index in [0.29, 0.717) is 16.9 Å². The van der Waals surface area contributed by atoms with Gasteiger partial charge in [0.1, 0.15) is 12.7 Å². The minimum atomic E-state index is -0.235. The Labute approximate surface area is 121 Å². The molecule has 0 aliphatic rings. The summed E-state index contributed by atoms with van der Waals surface area (Å²) in [4.78, 5) is 16.0. The van der Waals surface area contributed by atoms with Crippen molar-refractivity contribution in [1.82, 2.24) is 14.8 Å². The number of benzene rings is 2. The van der Waals surface area contributed by atoms with Gasteiger partial charge in [0.2, 0.25) is 0 Å². The molecule has 21 heavy (non-hydrogen) atoms. The average molecular weight is 279 g/mol. The first-order chi connectivity index (χ1) is 10.2. The summed E-state index contributed by atoms with van der Waals surface area (Å²) in [7, 11) is 0. The zero-order valence-corrected chi connectivity index (χ0v) is 11.1. The topological polar surface area (TPSA) is 85.8 Å². The van der Waals surface area contributed by atoms with Crippen LogP contribution in [0.5, 0.6) is 0 Å². The van der Waals surface area contributed by atoms with Gasteiger partial charge in [-0.2, -0.15) is 5.10 Å². The Kier molecular flexibility index (Phi) is 3.34. The molecular formula is C15H13N5O. The van der Waals surface area contributed by atoms with Gasteiger partial charge in [0.15, 0.2) is 0 Å². The number of anilines is 2. The second kappa shape index (κ2) is 5.46. The van der Waals surface area contributed by atoms with Gasteiger partial charge in [0.05, 0.1) is 11.3 Å². The van der Waals surface area contributed by atoms with Crippen LogP contribution in [0.4, 0.5) is 11.4 Å². The van der Waals surface area contributed by atoms with Crippen molar-refractivity contribution in [3.8, 4) is 5.69 Å². The summed E-state index contributed by atoms with van der Waals surface area (Å²) in [6.45, 7) is 0. The number of hydrogen-bond donors (Lipinski definition) is 2. The minimum Gasteiger partial charge on any atom is -0.398 e. The largest absolute Gasteiger partial charge is 0.398 e. The van der Waals surface area contributed by atoms with E-state index in [1.807, 2.05) is 12.1 Å². The smallest absolute Gasteiger partial charge is 0.257 e. The summed E-state index contributed by atoms with van der Waals surface area (Å²) >= 11 is 0. The fraction of sp³-hybridized carbons (Fsp3) is 0. The Hall–Kier alpha value is -3.15. The molecule has 1 aromatic heterocycles. The number of aromatic nitrogens is 3. The highest BCUT2D eigenvalue weighted by Crippen LogP contribution is 2.16. The first kappa shape index (κ1) is 12.9. The van der Waals surface area contributed by atoms with Gasteiger partial charge < -0.3 is 11.1 Å². The van der Waals surface area contributed by atoms with Crippen molar-refractivity contribution in [2.24, 2.45) is 0 Å². The van der Waals surface area contributed by atoms with E-state index in [4.69, 9.17) is 5.73 Å². The van der Waals surface area contributed by atoms with Crippen molar-refractivity contribution in [3.05, 3.63) is 66.7 Å². The van der Waals surface area contributed by atoms with Gasteiger partial charge in [-0.1, -0.05) is 12.1 Å². The third-order valence-corrected chi connectivity index (χ3v) is 3.01. The van der Waals surface area contributed by atoms with Crippen LogP contribution in [0.15, 0.2) is 61.2 Å². The molecule has 0 saturated heterocycles. The molecule has 6 heteroatoms. The van der Waals surface area contributed by atoms with E-state index in [0.717, 1.165) is 5.69 Å². The second-order valence-electron chi connectivity index (χ2n) is 4.43. The Bertz CT molecular complexity index is 750. The van der Waals surface area contributed by atoms with Crippen molar-refractivity contribution >= 4 is 17.3 Å². The Morgan fingerprint density at radius 1 is 1.10 bits per heavy atom. The number of rotatable bonds is 3. The first-order valence-corrected chi connectivity index (χ1v) is 6.35. The summed E-state index contributed by atoms with van der Waals surface area (Å²) in [5.74, 6) is -0.235. The molecule has 0 fully saturated rings. The molecule has 1 heterocycles. The number of nitrogens with one attached hydrogen (secondary N) is 1. The van der Waals surface area contributed by atoms with E-state index in [9.17, 15) is 4.79 Å². The first-order valence-electron chi connectivity index (χ1n) is 6.35. The molecule has 0 aliphatic heterocycles. The third kappa shape index (κ3) is 2.74. The molecular weight excluding hydrogens is 266 g/mol. The number of nitrogens with two attached hydrogens (primary N) is 1. The minimum absolute atomic E-state index is 0.235. The quantitative estimate of drug-likeness (QED) is 0.719. The fourth-order valence-electron chi connectivity index (χ4n) is 1.94. The highest BCUT2D eigenvalue weighted by Gasteiger charge is 2.09. The van der Waals surface area contributed by atoms with Crippen molar-refractivity contribution in [2.45, 2.75) is 0 Å². The molecule has 0 aliphatic carbocycles. The molecule has 3 rings (SSSR count). The number of nitrogen functional groups attached to an aromatic ring is 1. The zero-order chi connectivity index (χ0) is 14.7. The lowest BCUT2D eigenvalue weighted by atomic mass is 10.1. The van der Waals surface area contributed by atoms with E-state index in [-0.39, 0.29) is 5.91 Å². The summed E-state index contributed by atoms with van der Waals surface area (Å²) < 4.78 is 1.64. The summed E-state index contributed by atoms with van der Waals surface area (Å²) in [5, 5.41) is 6.85. The normalized spacial score (nSPS) is 10.3. The molecule has 0 saturated carbocycles. The van der Waals surface area contributed by atoms with Crippen LogP contribution in [0, 0.1) is 0 Å². The number of carbonyl (C=O) groups excluding carboxylic acids is 1. The van der Waals surface area contributed by atoms with Gasteiger partial charge in [0, 0.05) is 11.4 Å². The lowest BCUT2D eigenvalue weighted by Crippen LogP contribution is -2.13. The number of hydrogen-bond acceptors (Lipinski definition) is 4. The van der Waals surface area contributed by atoms with Gasteiger partial charge in [-0.15, -0.1) is 0 Å². The highest BCUT2D eigenvalue weighted by molar-refractivity contribution is 6.07. The number of nitrogens with zero attached hydrogens (tertiary/aromatic N) is 3. The molecule has 3 aromatic rings. The molecule has 2 aromatic carbocycles. The molecule has 104 valence electrons. The van der Waals surface area contributed by atoms with Gasteiger partial charge in [-0.3, -0.25) is 4.79 Å². The van der Waals surface area contributed by atoms with E-state index in [1.165, 1.54) is 6.33 Å². The molecule has 0 spiro atoms. The average Bonchev–Trinajstić information content (AvgIpc) is 3.02. The Morgan fingerprint density at radius 2 is 1.86 bits per heavy atom. The van der Waals surface area contributed by atoms with Gasteiger partial charge in [-0.25, -0.2) is 9.67 Å². The van der Waals surface area contributed by atoms with Gasteiger partial charge in [-0.05, 0) is 36.4 Å². The van der Waals surface area contributed by atoms with Crippen LogP contribution in [-0.2, 0) is 0 Å². The van der Waals surface area contributed by atoms with E-state index in [1.54, 1.807) is 47.4 Å². The Balaban J connectivity index is 1.77. The molecule has 0 bridgehead atoms. The molecule has 0 unspecified atom stereocenters. The van der Waals surface area contributed by atoms with Crippen molar-refractivity contribution in [2.75, 3.05) is 11.1 Å². The molecule has 0 atom stereocenters. The monoisotopic (exact) mass is 279 g/mol. The van der Waals surface area contributed by atoms with Crippen molar-refractivity contribution in [1.29, 1.82) is 0 Å². The van der Waals surface area contributed by atoms with Gasteiger partial charge >= 0.3 is 0 Å². The second-order valence-corrected chi connectivity index (χ2v) is 4.43. The highest BCUT2D eigenvalue weighted by atomic mass is 16.1. The lowest BCUT2D eigenvalue weighted by Gasteiger charge is -2.08. The van der Waals surface area contributed by atoms with Crippen LogP contribution >= 0.6 is 0 Å². The van der Waals surface area contributed by atoms with Crippen LogP contribution < -0.4 is 11.1 Å². The van der Waals surface area contributed by atoms with Gasteiger partial charge in [0.25, 0.3) is 5.91 Å². The summed E-state index contributed by atoms with van der Waals surface area (Å²) in [5.41, 5.74) is 8.25. The van der Waals surface area contributed by atoms with Crippen LogP contribution in [0.3, 0.4) is 0 Å². The van der Waals surface area contributed by atoms with Crippen LogP contribution in [-0.4, -0.2) is 20.7 Å². The number of amides is 1. The number of carbonyl (C=O) groups is 1. The standard InChI is InChI=1S/C15H13N5O/c16-14-4-2-1-3-13(14)15(21)19-11-5-7-12(8-6-11)20-10-17-9-18-20/h1-10H,16H2,(H,19,21). The SMILES string of the molecule is Nc1ccccc1C(=O)Nc1ccc(-n2cncn2)cc1. The predicted octanol–water partition coefficient (Wildman–Crippen LogP) is 2.10. The van der Waals surface area contributed by atoms with Crippen molar-refractivity contribution < 1.29 is 4.79 Å². The fourth-order valence-corrected chi connectivity index (χ4v) is 1.94. The van der Waals surface area contributed by atoms with E-state index < -0.39 is 0 Å². The summed E-state index contributed by atoms with van der Waals surface area (Å²) in [6.07, 6.45) is 3.08. The maximum atomic E-state index is 12.1. The van der Waals surface area contributed by atoms with E-state index >= 15 is 0 Å². The maximum Gasteiger partial charge on any atom is 0.257 e. The number of para-hydroxylation sites is 1. The molecule has 0 radical (unpaired) electrons. The molecule has 3 N–H and O–H groups in total. The van der Waals surface area contributed by atoms with Crippen LogP contribution in [0.2, 0.25) is 0 Å². The van der Waals surface area contributed by atoms with Crippen LogP contribution in [0.25, 0.3) is 5.69 Å².